The van der Waals surface area contributed by atoms with Gasteiger partial charge in [-0.15, -0.1) is 0 Å². The summed E-state index contributed by atoms with van der Waals surface area (Å²) in [5.41, 5.74) is 3.66. The van der Waals surface area contributed by atoms with Crippen molar-refractivity contribution in [2.75, 3.05) is 34.3 Å². The third-order valence-electron chi connectivity index (χ3n) is 5.32. The minimum Gasteiger partial charge on any atom is -0.497 e. The number of aromatic amines is 1. The van der Waals surface area contributed by atoms with Crippen molar-refractivity contribution in [2.24, 2.45) is 0 Å². The molecule has 0 unspecified atom stereocenters. The number of H-pyrrole nitrogens is 1. The van der Waals surface area contributed by atoms with Gasteiger partial charge in [0, 0.05) is 24.2 Å². The molecule has 3 aromatic rings. The zero-order valence-corrected chi connectivity index (χ0v) is 20.1. The molecule has 0 aliphatic rings. The SMILES string of the molecule is COc1ccc(CN(Cc2cc3ccc(C)cc3[nH]c2=O)C(=S)NCCCN(C)C)cc1. The second-order valence-corrected chi connectivity index (χ2v) is 8.69. The Bertz CT molecular complexity index is 1110. The van der Waals surface area contributed by atoms with Gasteiger partial charge in [0.2, 0.25) is 0 Å². The van der Waals surface area contributed by atoms with Crippen LogP contribution < -0.4 is 15.6 Å². The first-order valence-corrected chi connectivity index (χ1v) is 11.2. The van der Waals surface area contributed by atoms with Crippen LogP contribution in [0.25, 0.3) is 10.9 Å². The van der Waals surface area contributed by atoms with Gasteiger partial charge in [0.05, 0.1) is 13.7 Å². The monoisotopic (exact) mass is 452 g/mol. The van der Waals surface area contributed by atoms with Crippen molar-refractivity contribution in [3.8, 4) is 5.75 Å². The highest BCUT2D eigenvalue weighted by molar-refractivity contribution is 7.80. The molecule has 0 spiro atoms. The van der Waals surface area contributed by atoms with E-state index in [0.717, 1.165) is 47.3 Å². The predicted octanol–water partition coefficient (Wildman–Crippen LogP) is 3.67. The number of thiocarbonyl (C=S) groups is 1. The standard InChI is InChI=1S/C25H32N4O2S/c1-18-6-9-20-15-21(24(30)27-23(20)14-18)17-29(25(32)26-12-5-13-28(2)3)16-19-7-10-22(31-4)11-8-19/h6-11,14-15H,5,12-13,16-17H2,1-4H3,(H,26,32)(H,27,30). The Balaban J connectivity index is 1.81. The van der Waals surface area contributed by atoms with E-state index in [9.17, 15) is 4.79 Å². The van der Waals surface area contributed by atoms with Crippen LogP contribution in [0, 0.1) is 6.92 Å². The molecule has 0 saturated carbocycles. The zero-order chi connectivity index (χ0) is 23.1. The van der Waals surface area contributed by atoms with Gasteiger partial charge in [-0.3, -0.25) is 4.79 Å². The molecule has 32 heavy (non-hydrogen) atoms. The number of pyridine rings is 1. The van der Waals surface area contributed by atoms with Crippen LogP contribution in [0.1, 0.15) is 23.1 Å². The highest BCUT2D eigenvalue weighted by atomic mass is 32.1. The molecule has 0 fully saturated rings. The number of fused-ring (bicyclic) bond motifs is 1. The van der Waals surface area contributed by atoms with E-state index in [0.29, 0.717) is 23.8 Å². The highest BCUT2D eigenvalue weighted by Gasteiger charge is 2.14. The molecule has 0 amide bonds. The van der Waals surface area contributed by atoms with E-state index in [1.807, 2.05) is 54.3 Å². The fourth-order valence-corrected chi connectivity index (χ4v) is 3.77. The van der Waals surface area contributed by atoms with E-state index in [2.05, 4.69) is 35.4 Å². The lowest BCUT2D eigenvalue weighted by Crippen LogP contribution is -2.40. The number of hydrogen-bond donors (Lipinski definition) is 2. The smallest absolute Gasteiger partial charge is 0.253 e. The molecule has 0 radical (unpaired) electrons. The van der Waals surface area contributed by atoms with E-state index in [-0.39, 0.29) is 5.56 Å². The van der Waals surface area contributed by atoms with Gasteiger partial charge in [-0.1, -0.05) is 24.3 Å². The molecule has 0 saturated heterocycles. The van der Waals surface area contributed by atoms with Gasteiger partial charge in [-0.05, 0) is 87.0 Å². The summed E-state index contributed by atoms with van der Waals surface area (Å²) in [4.78, 5) is 20.0. The average molecular weight is 453 g/mol. The summed E-state index contributed by atoms with van der Waals surface area (Å²) in [5, 5.41) is 5.01. The molecule has 0 bridgehead atoms. The molecule has 3 rings (SSSR count). The van der Waals surface area contributed by atoms with Crippen molar-refractivity contribution < 1.29 is 4.74 Å². The molecular weight excluding hydrogens is 420 g/mol. The Morgan fingerprint density at radius 3 is 2.53 bits per heavy atom. The third-order valence-corrected chi connectivity index (χ3v) is 5.72. The minimum atomic E-state index is -0.0850. The number of ether oxygens (including phenoxy) is 1. The summed E-state index contributed by atoms with van der Waals surface area (Å²) < 4.78 is 5.27. The van der Waals surface area contributed by atoms with Gasteiger partial charge in [0.25, 0.3) is 5.56 Å². The van der Waals surface area contributed by atoms with Gasteiger partial charge < -0.3 is 24.8 Å². The van der Waals surface area contributed by atoms with Crippen molar-refractivity contribution in [2.45, 2.75) is 26.4 Å². The molecule has 2 N–H and O–H groups in total. The number of nitrogens with zero attached hydrogens (tertiary/aromatic N) is 2. The number of methoxy groups -OCH3 is 1. The van der Waals surface area contributed by atoms with Crippen LogP contribution in [0.4, 0.5) is 0 Å². The van der Waals surface area contributed by atoms with E-state index in [4.69, 9.17) is 17.0 Å². The predicted molar refractivity (Wildman–Crippen MR) is 135 cm³/mol. The van der Waals surface area contributed by atoms with E-state index in [1.54, 1.807) is 7.11 Å². The van der Waals surface area contributed by atoms with Crippen molar-refractivity contribution in [3.63, 3.8) is 0 Å². The molecule has 2 aromatic carbocycles. The van der Waals surface area contributed by atoms with Crippen LogP contribution in [0.2, 0.25) is 0 Å². The summed E-state index contributed by atoms with van der Waals surface area (Å²) in [6.07, 6.45) is 0.986. The fourth-order valence-electron chi connectivity index (χ4n) is 3.54. The van der Waals surface area contributed by atoms with Crippen molar-refractivity contribution in [1.29, 1.82) is 0 Å². The summed E-state index contributed by atoms with van der Waals surface area (Å²) in [5.74, 6) is 0.811. The number of nitrogens with one attached hydrogen (secondary N) is 2. The molecule has 1 aromatic heterocycles. The molecule has 0 atom stereocenters. The van der Waals surface area contributed by atoms with Crippen LogP contribution >= 0.6 is 12.2 Å². The number of benzene rings is 2. The molecular formula is C25H32N4O2S. The highest BCUT2D eigenvalue weighted by Crippen LogP contribution is 2.17. The molecule has 0 aliphatic heterocycles. The first kappa shape index (κ1) is 23.8. The largest absolute Gasteiger partial charge is 0.497 e. The second-order valence-electron chi connectivity index (χ2n) is 8.31. The molecule has 1 heterocycles. The number of aryl methyl sites for hydroxylation is 1. The maximum absolute atomic E-state index is 12.8. The Morgan fingerprint density at radius 1 is 1.09 bits per heavy atom. The number of rotatable bonds is 9. The Labute approximate surface area is 195 Å². The van der Waals surface area contributed by atoms with Gasteiger partial charge >= 0.3 is 0 Å². The van der Waals surface area contributed by atoms with Crippen LogP contribution in [0.15, 0.2) is 53.3 Å². The summed E-state index contributed by atoms with van der Waals surface area (Å²) in [6, 6.07) is 16.0. The third kappa shape index (κ3) is 6.55. The van der Waals surface area contributed by atoms with Gasteiger partial charge in [-0.2, -0.15) is 0 Å². The van der Waals surface area contributed by atoms with Gasteiger partial charge in [-0.25, -0.2) is 0 Å². The quantitative estimate of drug-likeness (QED) is 0.382. The van der Waals surface area contributed by atoms with Crippen LogP contribution in [-0.4, -0.2) is 54.2 Å². The van der Waals surface area contributed by atoms with E-state index < -0.39 is 0 Å². The molecule has 6 nitrogen and oxygen atoms in total. The topological polar surface area (TPSA) is 60.6 Å². The van der Waals surface area contributed by atoms with Gasteiger partial charge in [0.15, 0.2) is 5.11 Å². The maximum Gasteiger partial charge on any atom is 0.253 e. The molecule has 0 aliphatic carbocycles. The minimum absolute atomic E-state index is 0.0850. The summed E-state index contributed by atoms with van der Waals surface area (Å²) in [6.45, 7) is 4.80. The van der Waals surface area contributed by atoms with Crippen molar-refractivity contribution >= 4 is 28.2 Å². The number of hydrogen-bond acceptors (Lipinski definition) is 4. The van der Waals surface area contributed by atoms with Crippen molar-refractivity contribution in [1.82, 2.24) is 20.1 Å². The first-order chi connectivity index (χ1) is 15.4. The summed E-state index contributed by atoms with van der Waals surface area (Å²) >= 11 is 5.72. The molecule has 170 valence electrons. The first-order valence-electron chi connectivity index (χ1n) is 10.8. The second kappa shape index (κ2) is 11.1. The van der Waals surface area contributed by atoms with Gasteiger partial charge in [0.1, 0.15) is 5.75 Å². The Kier molecular flexibility index (Phi) is 8.25. The summed E-state index contributed by atoms with van der Waals surface area (Å²) in [7, 11) is 5.77. The maximum atomic E-state index is 12.8. The van der Waals surface area contributed by atoms with E-state index >= 15 is 0 Å². The normalized spacial score (nSPS) is 11.0. The lowest BCUT2D eigenvalue weighted by atomic mass is 10.1. The Hall–Kier alpha value is -2.90. The zero-order valence-electron chi connectivity index (χ0n) is 19.3. The van der Waals surface area contributed by atoms with Crippen LogP contribution in [0.3, 0.4) is 0 Å². The van der Waals surface area contributed by atoms with Crippen LogP contribution in [0.5, 0.6) is 5.75 Å². The van der Waals surface area contributed by atoms with Crippen molar-refractivity contribution in [3.05, 3.63) is 75.6 Å². The average Bonchev–Trinajstić information content (AvgIpc) is 2.77. The lowest BCUT2D eigenvalue weighted by Gasteiger charge is -2.26. The number of aromatic nitrogens is 1. The van der Waals surface area contributed by atoms with Crippen LogP contribution in [-0.2, 0) is 13.1 Å². The Morgan fingerprint density at radius 2 is 1.84 bits per heavy atom. The lowest BCUT2D eigenvalue weighted by molar-refractivity contribution is 0.383. The fraction of sp³-hybridized carbons (Fsp3) is 0.360. The van der Waals surface area contributed by atoms with E-state index in [1.165, 1.54) is 0 Å². The molecule has 7 heteroatoms.